The fourth-order valence-electron chi connectivity index (χ4n) is 5.37. The quantitative estimate of drug-likeness (QED) is 0.225. The largest absolute Gasteiger partial charge is 2.00 e. The van der Waals surface area contributed by atoms with Crippen LogP contribution < -0.4 is 10.2 Å². The van der Waals surface area contributed by atoms with Gasteiger partial charge in [0.25, 0.3) is 0 Å². The molecule has 2 saturated heterocycles. The van der Waals surface area contributed by atoms with Crippen LogP contribution in [0.5, 0.6) is 0 Å². The molecule has 0 aromatic heterocycles. The number of carboxylic acid groups (broad SMARTS) is 1. The number of carboxylic acids is 1. The Kier molecular flexibility index (Phi) is 10.0. The van der Waals surface area contributed by atoms with E-state index in [2.05, 4.69) is 22.0 Å². The number of para-hydroxylation sites is 1. The van der Waals surface area contributed by atoms with Crippen LogP contribution in [0.2, 0.25) is 0 Å². The zero-order chi connectivity index (χ0) is 26.3. The van der Waals surface area contributed by atoms with Crippen molar-refractivity contribution in [3.05, 3.63) is 102 Å². The van der Waals surface area contributed by atoms with E-state index >= 15 is 0 Å². The van der Waals surface area contributed by atoms with Gasteiger partial charge in [-0.15, -0.1) is 0 Å². The molecular formula is C31H32N4NiO3. The maximum atomic E-state index is 13.5. The van der Waals surface area contributed by atoms with Gasteiger partial charge in [-0.1, -0.05) is 78.9 Å². The molecule has 2 aliphatic rings. The minimum absolute atomic E-state index is 0. The van der Waals surface area contributed by atoms with E-state index in [4.69, 9.17) is 4.99 Å². The van der Waals surface area contributed by atoms with Crippen molar-refractivity contribution >= 4 is 23.3 Å². The van der Waals surface area contributed by atoms with Crippen LogP contribution in [0.4, 0.5) is 5.69 Å². The predicted octanol–water partition coefficient (Wildman–Crippen LogP) is 2.75. The van der Waals surface area contributed by atoms with Gasteiger partial charge in [0.2, 0.25) is 0 Å². The fraction of sp³-hybridized carbons (Fsp3) is 0.323. The van der Waals surface area contributed by atoms with Crippen molar-refractivity contribution in [2.45, 2.75) is 44.4 Å². The van der Waals surface area contributed by atoms with E-state index in [1.807, 2.05) is 71.6 Å². The van der Waals surface area contributed by atoms with Crippen molar-refractivity contribution in [3.8, 4) is 0 Å². The zero-order valence-corrected chi connectivity index (χ0v) is 22.7. The van der Waals surface area contributed by atoms with Crippen LogP contribution in [0.25, 0.3) is 0 Å². The monoisotopic (exact) mass is 566 g/mol. The molecule has 0 N–H and O–H groups in total. The summed E-state index contributed by atoms with van der Waals surface area (Å²) in [5.41, 5.74) is 3.54. The van der Waals surface area contributed by atoms with Crippen LogP contribution in [-0.2, 0) is 27.8 Å². The molecule has 0 saturated carbocycles. The third kappa shape index (κ3) is 7.01. The normalized spacial score (nSPS) is 19.5. The molecule has 0 unspecified atom stereocenters. The average molecular weight is 567 g/mol. The molecule has 204 valence electrons. The molecular weight excluding hydrogens is 535 g/mol. The fourth-order valence-corrected chi connectivity index (χ4v) is 5.37. The maximum absolute atomic E-state index is 13.5. The summed E-state index contributed by atoms with van der Waals surface area (Å²) >= 11 is 0. The minimum atomic E-state index is -1.23. The molecule has 8 heteroatoms. The molecule has 7 nitrogen and oxygen atoms in total. The van der Waals surface area contributed by atoms with E-state index in [9.17, 15) is 15.0 Å². The maximum Gasteiger partial charge on any atom is 2.00 e. The number of hydrogen-bond acceptors (Lipinski definition) is 7. The summed E-state index contributed by atoms with van der Waals surface area (Å²) in [6.07, 6.45) is 2.47. The third-order valence-corrected chi connectivity index (χ3v) is 7.26. The standard InChI is InChI=1S/C31H34N4O3.Ni/c36-30(27-18-11-21-35(27)22-23-12-3-1-4-13-23)32-26-17-8-7-16-25(26)28(24-14-5-2-6-15-24)33-29(31(37)38)34-19-9-10-20-34;/h1-8,12-17,27,29H,9-11,18-22H2,(H,32,36)(H,37,38);/q;+2/p-2/b33-28+;/t27-,29-;/m0./s1. The Bertz CT molecular complexity index is 1290. The molecule has 0 spiro atoms. The van der Waals surface area contributed by atoms with Crippen LogP contribution in [0.15, 0.2) is 94.9 Å². The molecule has 2 aliphatic heterocycles. The van der Waals surface area contributed by atoms with Gasteiger partial charge in [-0.3, -0.25) is 19.8 Å². The Balaban J connectivity index is 0.00000353. The predicted molar refractivity (Wildman–Crippen MR) is 145 cm³/mol. The van der Waals surface area contributed by atoms with E-state index in [-0.39, 0.29) is 28.4 Å². The number of aliphatic carboxylic acids is 1. The first-order chi connectivity index (χ1) is 18.6. The van der Waals surface area contributed by atoms with Crippen LogP contribution in [-0.4, -0.2) is 59.2 Å². The number of likely N-dealkylation sites (tertiary alicyclic amines) is 2. The van der Waals surface area contributed by atoms with E-state index in [0.29, 0.717) is 36.6 Å². The number of rotatable bonds is 9. The van der Waals surface area contributed by atoms with Crippen LogP contribution in [0, 0.1) is 0 Å². The van der Waals surface area contributed by atoms with Crippen molar-refractivity contribution in [1.29, 1.82) is 0 Å². The van der Waals surface area contributed by atoms with Gasteiger partial charge in [-0.05, 0) is 49.8 Å². The Morgan fingerprint density at radius 3 is 2.18 bits per heavy atom. The molecule has 2 heterocycles. The second-order valence-corrected chi connectivity index (χ2v) is 9.86. The summed E-state index contributed by atoms with van der Waals surface area (Å²) in [4.78, 5) is 25.5. The molecule has 0 aliphatic carbocycles. The molecule has 5 rings (SSSR count). The topological polar surface area (TPSA) is 94.4 Å². The molecule has 0 bridgehead atoms. The summed E-state index contributed by atoms with van der Waals surface area (Å²) in [5.74, 6) is -1.41. The average Bonchev–Trinajstić information content (AvgIpc) is 3.64. The number of nitrogens with zero attached hydrogens (tertiary/aromatic N) is 4. The zero-order valence-electron chi connectivity index (χ0n) is 21.7. The van der Waals surface area contributed by atoms with Gasteiger partial charge in [-0.2, -0.15) is 0 Å². The van der Waals surface area contributed by atoms with E-state index < -0.39 is 12.1 Å². The Morgan fingerprint density at radius 2 is 1.49 bits per heavy atom. The molecule has 3 aromatic rings. The molecule has 2 atom stereocenters. The minimum Gasteiger partial charge on any atom is -0.861 e. The van der Waals surface area contributed by atoms with Crippen LogP contribution in [0.1, 0.15) is 42.4 Å². The Labute approximate surface area is 239 Å². The molecule has 39 heavy (non-hydrogen) atoms. The molecule has 2 fully saturated rings. The molecule has 0 radical (unpaired) electrons. The third-order valence-electron chi connectivity index (χ3n) is 7.26. The number of aliphatic imine (C=N–C) groups is 2. The first kappa shape index (κ1) is 28.7. The summed E-state index contributed by atoms with van der Waals surface area (Å²) in [6, 6.07) is 26.7. The van der Waals surface area contributed by atoms with Gasteiger partial charge in [0, 0.05) is 36.8 Å². The number of carbonyl (C=O) groups excluding carboxylic acids is 1. The van der Waals surface area contributed by atoms with Gasteiger partial charge in [0.15, 0.2) is 0 Å². The SMILES string of the molecule is O=C([O-])[C@@H](/N=C(\c1ccccc1)c1ccccc1N=C([O-])[C@@H]1CCCN1Cc1ccccc1)N1CCCC1.[Ni+2]. The molecule has 0 amide bonds. The molecule has 3 aromatic carbocycles. The van der Waals surface area contributed by atoms with E-state index in [1.165, 1.54) is 5.56 Å². The van der Waals surface area contributed by atoms with Crippen molar-refractivity contribution in [2.75, 3.05) is 19.6 Å². The van der Waals surface area contributed by atoms with Crippen LogP contribution in [0.3, 0.4) is 0 Å². The number of hydrogen-bond donors (Lipinski definition) is 0. The first-order valence-electron chi connectivity index (χ1n) is 13.3. The summed E-state index contributed by atoms with van der Waals surface area (Å²) in [6.45, 7) is 2.87. The summed E-state index contributed by atoms with van der Waals surface area (Å²) in [7, 11) is 0. The van der Waals surface area contributed by atoms with Gasteiger partial charge < -0.3 is 15.0 Å². The van der Waals surface area contributed by atoms with Crippen molar-refractivity contribution < 1.29 is 31.5 Å². The smallest absolute Gasteiger partial charge is 0.861 e. The van der Waals surface area contributed by atoms with Gasteiger partial charge in [-0.25, -0.2) is 0 Å². The van der Waals surface area contributed by atoms with Crippen molar-refractivity contribution in [3.63, 3.8) is 0 Å². The summed E-state index contributed by atoms with van der Waals surface area (Å²) in [5, 5.41) is 25.7. The van der Waals surface area contributed by atoms with E-state index in [1.54, 1.807) is 6.07 Å². The van der Waals surface area contributed by atoms with Crippen molar-refractivity contribution in [2.24, 2.45) is 9.98 Å². The second-order valence-electron chi connectivity index (χ2n) is 9.86. The number of carbonyl (C=O) groups is 1. The van der Waals surface area contributed by atoms with Crippen LogP contribution >= 0.6 is 0 Å². The van der Waals surface area contributed by atoms with E-state index in [0.717, 1.165) is 37.8 Å². The van der Waals surface area contributed by atoms with Gasteiger partial charge in [0.1, 0.15) is 6.17 Å². The number of benzene rings is 3. The Morgan fingerprint density at radius 1 is 0.846 bits per heavy atom. The van der Waals surface area contributed by atoms with Gasteiger partial charge >= 0.3 is 16.5 Å². The second kappa shape index (κ2) is 13.7. The summed E-state index contributed by atoms with van der Waals surface area (Å²) < 4.78 is 0. The van der Waals surface area contributed by atoms with Crippen molar-refractivity contribution in [1.82, 2.24) is 9.80 Å². The van der Waals surface area contributed by atoms with Gasteiger partial charge in [0.05, 0.1) is 17.4 Å². The first-order valence-corrected chi connectivity index (χ1v) is 13.3. The Hall–Kier alpha value is -3.32.